The zero-order valence-corrected chi connectivity index (χ0v) is 17.2. The maximum absolute atomic E-state index is 14.4. The number of benzene rings is 1. The summed E-state index contributed by atoms with van der Waals surface area (Å²) in [6.07, 6.45) is 3.71. The molecule has 0 spiro atoms. The highest BCUT2D eigenvalue weighted by atomic mass is 32.2. The molecule has 10 heteroatoms. The number of carbonyl (C=O) groups excluding carboxylic acids is 1. The molecule has 4 rings (SSSR count). The van der Waals surface area contributed by atoms with Crippen LogP contribution in [-0.4, -0.2) is 63.0 Å². The van der Waals surface area contributed by atoms with Crippen LogP contribution in [0.5, 0.6) is 0 Å². The molecule has 0 atom stereocenters. The van der Waals surface area contributed by atoms with Crippen molar-refractivity contribution in [1.82, 2.24) is 9.29 Å². The Hall–Kier alpha value is -2.56. The first-order chi connectivity index (χ1) is 14.5. The molecule has 1 aromatic heterocycles. The fourth-order valence-electron chi connectivity index (χ4n) is 3.66. The van der Waals surface area contributed by atoms with E-state index in [1.54, 1.807) is 18.3 Å². The van der Waals surface area contributed by atoms with Crippen LogP contribution in [0.15, 0.2) is 41.4 Å². The van der Waals surface area contributed by atoms with Crippen LogP contribution >= 0.6 is 0 Å². The first kappa shape index (κ1) is 20.7. The normalized spacial score (nSPS) is 17.8. The van der Waals surface area contributed by atoms with Gasteiger partial charge in [-0.1, -0.05) is 0 Å². The molecular weight excluding hydrogens is 411 g/mol. The minimum atomic E-state index is -4.03. The lowest BCUT2D eigenvalue weighted by atomic mass is 10.2. The SMILES string of the molecule is O=C(Nc1ccc(F)c(S(=O)(=O)N2CCOCC2)c1)c1cccnc1N1CCCC1. The minimum absolute atomic E-state index is 0.160. The number of nitrogens with one attached hydrogen (secondary N) is 1. The molecule has 2 saturated heterocycles. The zero-order chi connectivity index (χ0) is 21.1. The molecule has 1 amide bonds. The van der Waals surface area contributed by atoms with Gasteiger partial charge in [-0.25, -0.2) is 17.8 Å². The van der Waals surface area contributed by atoms with Crippen molar-refractivity contribution in [3.63, 3.8) is 0 Å². The summed E-state index contributed by atoms with van der Waals surface area (Å²) in [6, 6.07) is 6.90. The second-order valence-electron chi connectivity index (χ2n) is 7.18. The minimum Gasteiger partial charge on any atom is -0.379 e. The van der Waals surface area contributed by atoms with E-state index in [-0.39, 0.29) is 32.0 Å². The molecule has 160 valence electrons. The van der Waals surface area contributed by atoms with Gasteiger partial charge in [0.15, 0.2) is 0 Å². The first-order valence-corrected chi connectivity index (χ1v) is 11.3. The molecule has 0 saturated carbocycles. The van der Waals surface area contributed by atoms with E-state index in [1.807, 2.05) is 4.90 Å². The quantitative estimate of drug-likeness (QED) is 0.775. The average Bonchev–Trinajstić information content (AvgIpc) is 3.30. The number of nitrogens with zero attached hydrogens (tertiary/aromatic N) is 3. The smallest absolute Gasteiger partial charge is 0.259 e. The van der Waals surface area contributed by atoms with Gasteiger partial charge in [0.2, 0.25) is 10.0 Å². The van der Waals surface area contributed by atoms with E-state index in [0.29, 0.717) is 11.4 Å². The molecule has 2 aliphatic rings. The fraction of sp³-hybridized carbons (Fsp3) is 0.400. The van der Waals surface area contributed by atoms with Crippen LogP contribution in [-0.2, 0) is 14.8 Å². The van der Waals surface area contributed by atoms with Gasteiger partial charge in [-0.05, 0) is 43.2 Å². The van der Waals surface area contributed by atoms with E-state index in [9.17, 15) is 17.6 Å². The Balaban J connectivity index is 1.59. The van der Waals surface area contributed by atoms with Gasteiger partial charge in [-0.3, -0.25) is 4.79 Å². The van der Waals surface area contributed by atoms with Crippen LogP contribution in [0.4, 0.5) is 15.9 Å². The van der Waals surface area contributed by atoms with Crippen molar-refractivity contribution in [2.75, 3.05) is 49.6 Å². The third-order valence-electron chi connectivity index (χ3n) is 5.21. The highest BCUT2D eigenvalue weighted by molar-refractivity contribution is 7.89. The average molecular weight is 434 g/mol. The van der Waals surface area contributed by atoms with Crippen LogP contribution < -0.4 is 10.2 Å². The summed E-state index contributed by atoms with van der Waals surface area (Å²) in [5, 5.41) is 2.68. The molecule has 30 heavy (non-hydrogen) atoms. The number of ether oxygens (including phenoxy) is 1. The third kappa shape index (κ3) is 4.16. The lowest BCUT2D eigenvalue weighted by Crippen LogP contribution is -2.40. The van der Waals surface area contributed by atoms with Crippen molar-refractivity contribution in [2.24, 2.45) is 0 Å². The van der Waals surface area contributed by atoms with Crippen LogP contribution in [0, 0.1) is 5.82 Å². The second-order valence-corrected chi connectivity index (χ2v) is 9.09. The number of carbonyl (C=O) groups is 1. The summed E-state index contributed by atoms with van der Waals surface area (Å²) in [6.45, 7) is 2.50. The van der Waals surface area contributed by atoms with Gasteiger partial charge < -0.3 is 15.0 Å². The Labute approximate surface area is 174 Å². The standard InChI is InChI=1S/C20H23FN4O4S/c21-17-6-5-15(14-18(17)30(27,28)25-10-12-29-13-11-25)23-20(26)16-4-3-7-22-19(16)24-8-1-2-9-24/h3-7,14H,1-2,8-13H2,(H,23,26). The molecule has 1 aromatic carbocycles. The molecule has 3 heterocycles. The summed E-state index contributed by atoms with van der Waals surface area (Å²) >= 11 is 0. The van der Waals surface area contributed by atoms with Crippen molar-refractivity contribution in [1.29, 1.82) is 0 Å². The van der Waals surface area contributed by atoms with Gasteiger partial charge >= 0.3 is 0 Å². The first-order valence-electron chi connectivity index (χ1n) is 9.85. The summed E-state index contributed by atoms with van der Waals surface area (Å²) in [7, 11) is -4.03. The highest BCUT2D eigenvalue weighted by Gasteiger charge is 2.29. The van der Waals surface area contributed by atoms with Gasteiger partial charge in [-0.15, -0.1) is 0 Å². The largest absolute Gasteiger partial charge is 0.379 e. The summed E-state index contributed by atoms with van der Waals surface area (Å²) in [5.41, 5.74) is 0.589. The Kier molecular flexibility index (Phi) is 5.98. The number of anilines is 2. The topological polar surface area (TPSA) is 91.8 Å². The summed E-state index contributed by atoms with van der Waals surface area (Å²) in [5.74, 6) is -0.694. The maximum Gasteiger partial charge on any atom is 0.259 e. The fourth-order valence-corrected chi connectivity index (χ4v) is 5.16. The predicted molar refractivity (Wildman–Crippen MR) is 110 cm³/mol. The van der Waals surface area contributed by atoms with E-state index >= 15 is 0 Å². The number of hydrogen-bond donors (Lipinski definition) is 1. The molecule has 1 N–H and O–H groups in total. The molecule has 2 aliphatic heterocycles. The van der Waals surface area contributed by atoms with Crippen LogP contribution in [0.3, 0.4) is 0 Å². The summed E-state index contributed by atoms with van der Waals surface area (Å²) in [4.78, 5) is 18.8. The number of halogens is 1. The Morgan fingerprint density at radius 2 is 1.83 bits per heavy atom. The lowest BCUT2D eigenvalue weighted by molar-refractivity contribution is 0.0729. The third-order valence-corrected chi connectivity index (χ3v) is 7.13. The van der Waals surface area contributed by atoms with Crippen molar-refractivity contribution in [2.45, 2.75) is 17.7 Å². The van der Waals surface area contributed by atoms with E-state index in [2.05, 4.69) is 10.3 Å². The molecule has 8 nitrogen and oxygen atoms in total. The van der Waals surface area contributed by atoms with Crippen molar-refractivity contribution in [3.8, 4) is 0 Å². The van der Waals surface area contributed by atoms with Crippen molar-refractivity contribution in [3.05, 3.63) is 47.9 Å². The Morgan fingerprint density at radius 3 is 2.57 bits per heavy atom. The number of sulfonamides is 1. The molecule has 0 unspecified atom stereocenters. The van der Waals surface area contributed by atoms with Gasteiger partial charge in [0.25, 0.3) is 5.91 Å². The molecule has 0 aliphatic carbocycles. The van der Waals surface area contributed by atoms with Gasteiger partial charge in [0, 0.05) is 38.1 Å². The number of amides is 1. The van der Waals surface area contributed by atoms with E-state index in [0.717, 1.165) is 38.1 Å². The number of morpholine rings is 1. The predicted octanol–water partition coefficient (Wildman–Crippen LogP) is 2.09. The van der Waals surface area contributed by atoms with Crippen molar-refractivity contribution < 1.29 is 22.3 Å². The molecule has 2 aromatic rings. The Morgan fingerprint density at radius 1 is 1.10 bits per heavy atom. The monoisotopic (exact) mass is 434 g/mol. The zero-order valence-electron chi connectivity index (χ0n) is 16.4. The van der Waals surface area contributed by atoms with Gasteiger partial charge in [0.1, 0.15) is 16.5 Å². The van der Waals surface area contributed by atoms with Crippen molar-refractivity contribution >= 4 is 27.4 Å². The van der Waals surface area contributed by atoms with Crippen LogP contribution in [0.25, 0.3) is 0 Å². The number of aromatic nitrogens is 1. The molecule has 2 fully saturated rings. The second kappa shape index (κ2) is 8.66. The van der Waals surface area contributed by atoms with E-state index in [1.165, 1.54) is 10.4 Å². The maximum atomic E-state index is 14.4. The summed E-state index contributed by atoms with van der Waals surface area (Å²) < 4.78 is 46.4. The number of rotatable bonds is 5. The lowest BCUT2D eigenvalue weighted by Gasteiger charge is -2.26. The number of pyridine rings is 1. The molecular formula is C20H23FN4O4S. The van der Waals surface area contributed by atoms with Crippen LogP contribution in [0.1, 0.15) is 23.2 Å². The van der Waals surface area contributed by atoms with Gasteiger partial charge in [-0.2, -0.15) is 4.31 Å². The molecule has 0 radical (unpaired) electrons. The Bertz CT molecular complexity index is 1030. The molecule has 0 bridgehead atoms. The van der Waals surface area contributed by atoms with Crippen LogP contribution in [0.2, 0.25) is 0 Å². The van der Waals surface area contributed by atoms with E-state index < -0.39 is 26.6 Å². The number of hydrogen-bond acceptors (Lipinski definition) is 6. The van der Waals surface area contributed by atoms with Gasteiger partial charge in [0.05, 0.1) is 18.8 Å². The highest BCUT2D eigenvalue weighted by Crippen LogP contribution is 2.26. The van der Waals surface area contributed by atoms with E-state index in [4.69, 9.17) is 4.74 Å².